The van der Waals surface area contributed by atoms with Crippen molar-refractivity contribution in [1.29, 1.82) is 0 Å². The van der Waals surface area contributed by atoms with Crippen molar-refractivity contribution in [2.24, 2.45) is 10.3 Å². The van der Waals surface area contributed by atoms with Crippen molar-refractivity contribution in [3.63, 3.8) is 0 Å². The van der Waals surface area contributed by atoms with E-state index < -0.39 is 35.7 Å². The van der Waals surface area contributed by atoms with Gasteiger partial charge in [-0.05, 0) is 72.5 Å². The van der Waals surface area contributed by atoms with Gasteiger partial charge in [-0.1, -0.05) is 41.1 Å². The van der Waals surface area contributed by atoms with Gasteiger partial charge in [0, 0.05) is 30.1 Å². The van der Waals surface area contributed by atoms with E-state index in [1.807, 2.05) is 31.2 Å². The lowest BCUT2D eigenvalue weighted by molar-refractivity contribution is -0.140. The van der Waals surface area contributed by atoms with E-state index in [0.717, 1.165) is 16.7 Å². The van der Waals surface area contributed by atoms with Crippen LogP contribution < -0.4 is 15.1 Å². The van der Waals surface area contributed by atoms with Gasteiger partial charge < -0.3 is 20.1 Å². The van der Waals surface area contributed by atoms with Crippen LogP contribution in [0.3, 0.4) is 0 Å². The van der Waals surface area contributed by atoms with Gasteiger partial charge in [-0.15, -0.1) is 0 Å². The standard InChI is InChI=1S/C33H28ClFN6O5/c1-2-46-28-14-11-20(17-36-28)22-5-3-6-24-23(22)15-16-40(30(24)31(42)37-21-12-9-19(10-13-21)33(44)45)32(43)26-18-41(39-38-26)27-8-4-7-25(34)29(27)35/h3-14,17,26,30H,2,15-16,18H2,1H3,(H,37,42)(H,44,45). The number of carboxylic acids is 1. The summed E-state index contributed by atoms with van der Waals surface area (Å²) in [4.78, 5) is 45.2. The molecule has 0 radical (unpaired) electrons. The van der Waals surface area contributed by atoms with Crippen LogP contribution in [0.4, 0.5) is 15.8 Å². The van der Waals surface area contributed by atoms with Gasteiger partial charge in [0.25, 0.3) is 11.8 Å². The number of amides is 2. The molecule has 4 aromatic rings. The number of anilines is 2. The quantitative estimate of drug-likeness (QED) is 0.242. The molecule has 0 saturated carbocycles. The lowest BCUT2D eigenvalue weighted by Gasteiger charge is -2.38. The number of halogens is 2. The first kappa shape index (κ1) is 30.7. The highest BCUT2D eigenvalue weighted by Gasteiger charge is 2.41. The number of ether oxygens (including phenoxy) is 1. The van der Waals surface area contributed by atoms with Crippen LogP contribution in [-0.4, -0.2) is 58.5 Å². The van der Waals surface area contributed by atoms with Crippen LogP contribution in [0.25, 0.3) is 11.1 Å². The number of nitrogens with zero attached hydrogens (tertiary/aromatic N) is 5. The number of benzene rings is 3. The highest BCUT2D eigenvalue weighted by molar-refractivity contribution is 6.31. The number of carbonyl (C=O) groups is 3. The fourth-order valence-corrected chi connectivity index (χ4v) is 5.83. The molecule has 2 aliphatic rings. The van der Waals surface area contributed by atoms with E-state index >= 15 is 0 Å². The SMILES string of the molecule is CCOc1ccc(-c2cccc3c2CCN(C(=O)C2CN(c4cccc(Cl)c4F)N=N2)C3C(=O)Nc2ccc(C(=O)O)cc2)cn1. The molecule has 2 aliphatic heterocycles. The number of aromatic carboxylic acids is 1. The average Bonchev–Trinajstić information content (AvgIpc) is 3.56. The number of rotatable bonds is 8. The first-order chi connectivity index (χ1) is 22.2. The van der Waals surface area contributed by atoms with E-state index in [4.69, 9.17) is 16.3 Å². The van der Waals surface area contributed by atoms with Crippen molar-refractivity contribution in [1.82, 2.24) is 9.88 Å². The molecule has 46 heavy (non-hydrogen) atoms. The highest BCUT2D eigenvalue weighted by atomic mass is 35.5. The van der Waals surface area contributed by atoms with Gasteiger partial charge in [-0.25, -0.2) is 19.2 Å². The maximum absolute atomic E-state index is 14.7. The van der Waals surface area contributed by atoms with E-state index in [1.165, 1.54) is 46.3 Å². The van der Waals surface area contributed by atoms with E-state index in [0.29, 0.717) is 30.2 Å². The topological polar surface area (TPSA) is 137 Å². The minimum atomic E-state index is -1.09. The molecule has 1 aromatic heterocycles. The normalized spacial score (nSPS) is 17.0. The molecule has 3 aromatic carbocycles. The van der Waals surface area contributed by atoms with E-state index in [9.17, 15) is 23.9 Å². The summed E-state index contributed by atoms with van der Waals surface area (Å²) in [7, 11) is 0. The fraction of sp³-hybridized carbons (Fsp3) is 0.212. The van der Waals surface area contributed by atoms with Gasteiger partial charge in [0.15, 0.2) is 11.9 Å². The first-order valence-electron chi connectivity index (χ1n) is 14.5. The van der Waals surface area contributed by atoms with Gasteiger partial charge in [-0.3, -0.25) is 9.59 Å². The Labute approximate surface area is 268 Å². The van der Waals surface area contributed by atoms with Crippen LogP contribution in [0, 0.1) is 5.82 Å². The highest BCUT2D eigenvalue weighted by Crippen LogP contribution is 2.38. The number of hydrogen-bond donors (Lipinski definition) is 2. The monoisotopic (exact) mass is 642 g/mol. The lowest BCUT2D eigenvalue weighted by Crippen LogP contribution is -2.49. The number of pyridine rings is 1. The third kappa shape index (κ3) is 5.98. The number of carboxylic acid groups (broad SMARTS) is 1. The minimum absolute atomic E-state index is 0.0394. The number of nitrogens with one attached hydrogen (secondary N) is 1. The molecule has 0 bridgehead atoms. The third-order valence-electron chi connectivity index (χ3n) is 7.83. The Balaban J connectivity index is 1.33. The molecular weight excluding hydrogens is 615 g/mol. The molecule has 11 nitrogen and oxygen atoms in total. The van der Waals surface area contributed by atoms with E-state index in [-0.39, 0.29) is 29.4 Å². The number of aromatic nitrogens is 1. The molecule has 234 valence electrons. The van der Waals surface area contributed by atoms with Crippen molar-refractivity contribution in [3.8, 4) is 17.0 Å². The smallest absolute Gasteiger partial charge is 0.335 e. The summed E-state index contributed by atoms with van der Waals surface area (Å²) in [6.07, 6.45) is 2.15. The van der Waals surface area contributed by atoms with Crippen LogP contribution in [-0.2, 0) is 16.0 Å². The molecular formula is C33H28ClFN6O5. The molecule has 3 heterocycles. The Bertz CT molecular complexity index is 1840. The largest absolute Gasteiger partial charge is 0.478 e. The number of hydrogen-bond acceptors (Lipinski definition) is 8. The molecule has 13 heteroatoms. The summed E-state index contributed by atoms with van der Waals surface area (Å²) in [6.45, 7) is 2.52. The van der Waals surface area contributed by atoms with Crippen LogP contribution >= 0.6 is 11.6 Å². The third-order valence-corrected chi connectivity index (χ3v) is 8.12. The summed E-state index contributed by atoms with van der Waals surface area (Å²) >= 11 is 5.95. The van der Waals surface area contributed by atoms with Gasteiger partial charge >= 0.3 is 5.97 Å². The van der Waals surface area contributed by atoms with Crippen molar-refractivity contribution in [3.05, 3.63) is 107 Å². The summed E-state index contributed by atoms with van der Waals surface area (Å²) in [6, 6.07) is 17.4. The maximum atomic E-state index is 14.7. The molecule has 6 rings (SSSR count). The zero-order valence-corrected chi connectivity index (χ0v) is 25.3. The molecule has 0 aliphatic carbocycles. The summed E-state index contributed by atoms with van der Waals surface area (Å²) in [5.41, 5.74) is 3.72. The Kier molecular flexibility index (Phi) is 8.62. The lowest BCUT2D eigenvalue weighted by atomic mass is 9.86. The van der Waals surface area contributed by atoms with Crippen LogP contribution in [0.1, 0.15) is 34.5 Å². The van der Waals surface area contributed by atoms with E-state index in [2.05, 4.69) is 20.6 Å². The second-order valence-corrected chi connectivity index (χ2v) is 11.0. The second-order valence-electron chi connectivity index (χ2n) is 10.6. The summed E-state index contributed by atoms with van der Waals surface area (Å²) in [5.74, 6) is -2.22. The Morgan fingerprint density at radius 3 is 2.57 bits per heavy atom. The Morgan fingerprint density at radius 1 is 1.07 bits per heavy atom. The van der Waals surface area contributed by atoms with Gasteiger partial charge in [0.1, 0.15) is 6.04 Å². The Hall–Kier alpha value is -5.36. The zero-order valence-electron chi connectivity index (χ0n) is 24.6. The van der Waals surface area contributed by atoms with Crippen LogP contribution in [0.2, 0.25) is 5.02 Å². The molecule has 2 N–H and O–H groups in total. The van der Waals surface area contributed by atoms with Gasteiger partial charge in [-0.2, -0.15) is 5.11 Å². The predicted molar refractivity (Wildman–Crippen MR) is 168 cm³/mol. The molecule has 2 atom stereocenters. The average molecular weight is 643 g/mol. The maximum Gasteiger partial charge on any atom is 0.335 e. The second kappa shape index (κ2) is 12.9. The number of carbonyl (C=O) groups excluding carboxylic acids is 2. The van der Waals surface area contributed by atoms with Crippen molar-refractivity contribution in [2.75, 3.05) is 30.0 Å². The number of fused-ring (bicyclic) bond motifs is 1. The van der Waals surface area contributed by atoms with Gasteiger partial charge in [0.2, 0.25) is 5.88 Å². The van der Waals surface area contributed by atoms with Crippen molar-refractivity contribution < 1.29 is 28.6 Å². The molecule has 0 fully saturated rings. The van der Waals surface area contributed by atoms with Crippen LogP contribution in [0.15, 0.2) is 89.3 Å². The Morgan fingerprint density at radius 2 is 1.85 bits per heavy atom. The van der Waals surface area contributed by atoms with E-state index in [1.54, 1.807) is 18.3 Å². The van der Waals surface area contributed by atoms with Gasteiger partial charge in [0.05, 0.1) is 29.4 Å². The fourth-order valence-electron chi connectivity index (χ4n) is 5.66. The first-order valence-corrected chi connectivity index (χ1v) is 14.9. The minimum Gasteiger partial charge on any atom is -0.478 e. The molecule has 2 amide bonds. The van der Waals surface area contributed by atoms with Crippen LogP contribution in [0.5, 0.6) is 5.88 Å². The van der Waals surface area contributed by atoms with Crippen molar-refractivity contribution >= 4 is 40.8 Å². The summed E-state index contributed by atoms with van der Waals surface area (Å²) in [5, 5.41) is 21.5. The zero-order chi connectivity index (χ0) is 32.4. The van der Waals surface area contributed by atoms with Crippen molar-refractivity contribution in [2.45, 2.75) is 25.4 Å². The molecule has 0 saturated heterocycles. The summed E-state index contributed by atoms with van der Waals surface area (Å²) < 4.78 is 20.2. The molecule has 0 spiro atoms. The molecule has 2 unspecified atom stereocenters. The predicted octanol–water partition coefficient (Wildman–Crippen LogP) is 5.96.